The molecule has 2 aromatic carbocycles. The molecule has 0 aromatic heterocycles. The number of nitrogens with one attached hydrogen (secondary N) is 3. The van der Waals surface area contributed by atoms with Crippen LogP contribution in [0.15, 0.2) is 48.5 Å². The Hall–Kier alpha value is -3.55. The molecule has 0 radical (unpaired) electrons. The van der Waals surface area contributed by atoms with E-state index in [-0.39, 0.29) is 23.6 Å². The number of benzene rings is 2. The topological polar surface area (TPSA) is 99.8 Å². The molecule has 1 aliphatic rings. The van der Waals surface area contributed by atoms with Crippen molar-refractivity contribution >= 4 is 23.4 Å². The minimum absolute atomic E-state index is 0.0181. The molecule has 0 spiro atoms. The van der Waals surface area contributed by atoms with E-state index in [0.717, 1.165) is 17.8 Å². The summed E-state index contributed by atoms with van der Waals surface area (Å²) in [6, 6.07) is 14.0. The van der Waals surface area contributed by atoms with Crippen LogP contribution in [0.5, 0.6) is 5.75 Å². The molecule has 8 heteroatoms. The summed E-state index contributed by atoms with van der Waals surface area (Å²) in [7, 11) is 0. The van der Waals surface area contributed by atoms with Crippen LogP contribution >= 0.6 is 0 Å². The largest absolute Gasteiger partial charge is 0.494 e. The third kappa shape index (κ3) is 6.71. The standard InChI is InChI=1S/C25H32N4O4/c1-4-33-21-11-7-19(8-12-21)24(31)28-23(17(2)3)25(32)27-15-18-5-9-20(10-6-18)29-14-13-26-22(30)16-29/h5-12,17,23H,4,13-16H2,1-3H3,(H,26,30)(H,27,32)(H,28,31). The zero-order chi connectivity index (χ0) is 23.8. The molecular weight excluding hydrogens is 420 g/mol. The third-order valence-corrected chi connectivity index (χ3v) is 5.47. The van der Waals surface area contributed by atoms with Crippen LogP contribution in [-0.4, -0.2) is 50.0 Å². The number of hydrogen-bond acceptors (Lipinski definition) is 5. The van der Waals surface area contributed by atoms with Crippen molar-refractivity contribution in [3.8, 4) is 5.75 Å². The van der Waals surface area contributed by atoms with Crippen molar-refractivity contribution in [2.45, 2.75) is 33.4 Å². The first-order valence-corrected chi connectivity index (χ1v) is 11.3. The third-order valence-electron chi connectivity index (χ3n) is 5.47. The summed E-state index contributed by atoms with van der Waals surface area (Å²) in [6.07, 6.45) is 0. The number of nitrogens with zero attached hydrogens (tertiary/aromatic N) is 1. The normalized spacial score (nSPS) is 14.4. The van der Waals surface area contributed by atoms with Crippen molar-refractivity contribution in [1.82, 2.24) is 16.0 Å². The van der Waals surface area contributed by atoms with Crippen LogP contribution in [0, 0.1) is 5.92 Å². The molecule has 33 heavy (non-hydrogen) atoms. The molecule has 1 aliphatic heterocycles. The Morgan fingerprint density at radius 2 is 1.79 bits per heavy atom. The van der Waals surface area contributed by atoms with E-state index in [0.29, 0.717) is 37.6 Å². The van der Waals surface area contributed by atoms with E-state index < -0.39 is 6.04 Å². The highest BCUT2D eigenvalue weighted by Gasteiger charge is 2.24. The summed E-state index contributed by atoms with van der Waals surface area (Å²) in [4.78, 5) is 39.1. The zero-order valence-corrected chi connectivity index (χ0v) is 19.4. The SMILES string of the molecule is CCOc1ccc(C(=O)NC(C(=O)NCc2ccc(N3CCNC(=O)C3)cc2)C(C)C)cc1. The molecule has 1 heterocycles. The molecule has 1 atom stereocenters. The van der Waals surface area contributed by atoms with Crippen molar-refractivity contribution in [2.24, 2.45) is 5.92 Å². The van der Waals surface area contributed by atoms with Crippen LogP contribution < -0.4 is 25.6 Å². The number of piperazine rings is 1. The van der Waals surface area contributed by atoms with Gasteiger partial charge in [0.1, 0.15) is 11.8 Å². The van der Waals surface area contributed by atoms with Gasteiger partial charge in [-0.3, -0.25) is 14.4 Å². The summed E-state index contributed by atoms with van der Waals surface area (Å²) in [5, 5.41) is 8.57. The van der Waals surface area contributed by atoms with E-state index >= 15 is 0 Å². The Labute approximate surface area is 194 Å². The van der Waals surface area contributed by atoms with Gasteiger partial charge in [0.05, 0.1) is 13.2 Å². The van der Waals surface area contributed by atoms with Gasteiger partial charge in [0.2, 0.25) is 11.8 Å². The monoisotopic (exact) mass is 452 g/mol. The maximum Gasteiger partial charge on any atom is 0.251 e. The van der Waals surface area contributed by atoms with Crippen molar-refractivity contribution in [2.75, 3.05) is 31.1 Å². The summed E-state index contributed by atoms with van der Waals surface area (Å²) >= 11 is 0. The molecule has 176 valence electrons. The molecular formula is C25H32N4O4. The molecule has 8 nitrogen and oxygen atoms in total. The van der Waals surface area contributed by atoms with Gasteiger partial charge in [-0.15, -0.1) is 0 Å². The van der Waals surface area contributed by atoms with Crippen molar-refractivity contribution < 1.29 is 19.1 Å². The molecule has 1 fully saturated rings. The maximum absolute atomic E-state index is 12.8. The molecule has 0 saturated carbocycles. The van der Waals surface area contributed by atoms with E-state index in [1.165, 1.54) is 0 Å². The minimum atomic E-state index is -0.657. The Morgan fingerprint density at radius 1 is 1.09 bits per heavy atom. The van der Waals surface area contributed by atoms with Crippen molar-refractivity contribution in [1.29, 1.82) is 0 Å². The van der Waals surface area contributed by atoms with Gasteiger partial charge in [0, 0.05) is 30.9 Å². The zero-order valence-electron chi connectivity index (χ0n) is 19.4. The molecule has 3 N–H and O–H groups in total. The molecule has 0 bridgehead atoms. The van der Waals surface area contributed by atoms with Gasteiger partial charge >= 0.3 is 0 Å². The van der Waals surface area contributed by atoms with Gasteiger partial charge in [0.25, 0.3) is 5.91 Å². The summed E-state index contributed by atoms with van der Waals surface area (Å²) in [6.45, 7) is 8.34. The predicted octanol–water partition coefficient (Wildman–Crippen LogP) is 2.09. The van der Waals surface area contributed by atoms with Crippen LogP contribution in [0.2, 0.25) is 0 Å². The average molecular weight is 453 g/mol. The second-order valence-electron chi connectivity index (χ2n) is 8.31. The highest BCUT2D eigenvalue weighted by Crippen LogP contribution is 2.16. The number of rotatable bonds is 9. The second-order valence-corrected chi connectivity index (χ2v) is 8.31. The van der Waals surface area contributed by atoms with Gasteiger partial charge in [-0.25, -0.2) is 0 Å². The number of hydrogen-bond donors (Lipinski definition) is 3. The molecule has 3 rings (SSSR count). The fraction of sp³-hybridized carbons (Fsp3) is 0.400. The second kappa shape index (κ2) is 11.4. The van der Waals surface area contributed by atoms with Crippen molar-refractivity contribution in [3.63, 3.8) is 0 Å². The summed E-state index contributed by atoms with van der Waals surface area (Å²) in [5.41, 5.74) is 2.38. The first-order valence-electron chi connectivity index (χ1n) is 11.3. The molecule has 1 saturated heterocycles. The van der Waals surface area contributed by atoms with Gasteiger partial charge in [-0.1, -0.05) is 26.0 Å². The number of ether oxygens (including phenoxy) is 1. The average Bonchev–Trinajstić information content (AvgIpc) is 2.81. The number of carbonyl (C=O) groups excluding carboxylic acids is 3. The first-order chi connectivity index (χ1) is 15.9. The maximum atomic E-state index is 12.8. The number of anilines is 1. The molecule has 2 aromatic rings. The van der Waals surface area contributed by atoms with Crippen LogP contribution in [0.25, 0.3) is 0 Å². The lowest BCUT2D eigenvalue weighted by molar-refractivity contribution is -0.124. The fourth-order valence-electron chi connectivity index (χ4n) is 3.61. The van der Waals surface area contributed by atoms with E-state index in [1.807, 2.05) is 49.9 Å². The summed E-state index contributed by atoms with van der Waals surface area (Å²) < 4.78 is 5.40. The Morgan fingerprint density at radius 3 is 2.39 bits per heavy atom. The molecule has 3 amide bonds. The van der Waals surface area contributed by atoms with Gasteiger partial charge in [-0.05, 0) is 54.8 Å². The van der Waals surface area contributed by atoms with E-state index in [2.05, 4.69) is 16.0 Å². The highest BCUT2D eigenvalue weighted by molar-refractivity contribution is 5.97. The minimum Gasteiger partial charge on any atom is -0.494 e. The lowest BCUT2D eigenvalue weighted by Crippen LogP contribution is -2.49. The van der Waals surface area contributed by atoms with E-state index in [1.54, 1.807) is 24.3 Å². The first kappa shape index (κ1) is 24.1. The Balaban J connectivity index is 1.55. The van der Waals surface area contributed by atoms with Crippen molar-refractivity contribution in [3.05, 3.63) is 59.7 Å². The van der Waals surface area contributed by atoms with Crippen LogP contribution in [0.1, 0.15) is 36.7 Å². The summed E-state index contributed by atoms with van der Waals surface area (Å²) in [5.74, 6) is 0.0959. The van der Waals surface area contributed by atoms with Gasteiger partial charge in [-0.2, -0.15) is 0 Å². The van der Waals surface area contributed by atoms with Crippen LogP contribution in [0.3, 0.4) is 0 Å². The Kier molecular flexibility index (Phi) is 8.29. The molecule has 1 unspecified atom stereocenters. The fourth-order valence-corrected chi connectivity index (χ4v) is 3.61. The predicted molar refractivity (Wildman–Crippen MR) is 127 cm³/mol. The molecule has 0 aliphatic carbocycles. The smallest absolute Gasteiger partial charge is 0.251 e. The van der Waals surface area contributed by atoms with Gasteiger partial charge < -0.3 is 25.6 Å². The van der Waals surface area contributed by atoms with Crippen LogP contribution in [-0.2, 0) is 16.1 Å². The van der Waals surface area contributed by atoms with E-state index in [9.17, 15) is 14.4 Å². The number of carbonyl (C=O) groups is 3. The lowest BCUT2D eigenvalue weighted by Gasteiger charge is -2.28. The number of amides is 3. The van der Waals surface area contributed by atoms with E-state index in [4.69, 9.17) is 4.74 Å². The Bertz CT molecular complexity index is 957. The quantitative estimate of drug-likeness (QED) is 0.541. The lowest BCUT2D eigenvalue weighted by atomic mass is 10.0. The van der Waals surface area contributed by atoms with Gasteiger partial charge in [0.15, 0.2) is 0 Å². The highest BCUT2D eigenvalue weighted by atomic mass is 16.5. The van der Waals surface area contributed by atoms with Crippen LogP contribution in [0.4, 0.5) is 5.69 Å².